The number of carboxylic acids is 1. The Hall–Kier alpha value is -2.71. The van der Waals surface area contributed by atoms with E-state index < -0.39 is 12.0 Å². The molecule has 6 nitrogen and oxygen atoms in total. The second-order valence-corrected chi connectivity index (χ2v) is 9.60. The summed E-state index contributed by atoms with van der Waals surface area (Å²) in [5, 5.41) is 15.0. The predicted octanol–water partition coefficient (Wildman–Crippen LogP) is 6.61. The zero-order valence-electron chi connectivity index (χ0n) is 18.8. The van der Waals surface area contributed by atoms with E-state index in [1.165, 1.54) is 0 Å². The number of ether oxygens (including phenoxy) is 2. The Labute approximate surface area is 221 Å². The molecule has 0 radical (unpaired) electrons. The lowest BCUT2D eigenvalue weighted by Crippen LogP contribution is -2.38. The molecule has 0 aliphatic rings. The third kappa shape index (κ3) is 5.93. The number of benzene rings is 3. The molecule has 0 saturated carbocycles. The van der Waals surface area contributed by atoms with Crippen LogP contribution < -0.4 is 14.8 Å². The van der Waals surface area contributed by atoms with Gasteiger partial charge in [0.15, 0.2) is 11.5 Å². The number of nitrogens with one attached hydrogen (secondary N) is 2. The van der Waals surface area contributed by atoms with Crippen LogP contribution in [-0.2, 0) is 24.4 Å². The number of aromatic amines is 1. The summed E-state index contributed by atoms with van der Waals surface area (Å²) in [6.07, 6.45) is 2.21. The van der Waals surface area contributed by atoms with E-state index in [1.54, 1.807) is 25.3 Å². The zero-order valence-corrected chi connectivity index (χ0v) is 21.9. The van der Waals surface area contributed by atoms with Gasteiger partial charge in [0.05, 0.1) is 11.6 Å². The minimum atomic E-state index is -0.919. The molecule has 182 valence electrons. The molecule has 1 atom stereocenters. The minimum absolute atomic E-state index is 0.163. The van der Waals surface area contributed by atoms with E-state index in [1.807, 2.05) is 42.6 Å². The molecule has 0 unspecified atom stereocenters. The Balaban J connectivity index is 1.47. The van der Waals surface area contributed by atoms with E-state index in [2.05, 4.69) is 26.2 Å². The van der Waals surface area contributed by atoms with E-state index in [0.29, 0.717) is 44.5 Å². The molecular formula is C26H23BrCl2N2O4. The molecule has 0 fully saturated rings. The number of hydrogen-bond donors (Lipinski definition) is 3. The van der Waals surface area contributed by atoms with Gasteiger partial charge in [-0.25, -0.2) is 0 Å². The average Bonchev–Trinajstić information content (AvgIpc) is 3.24. The number of fused-ring (bicyclic) bond motifs is 1. The molecule has 3 N–H and O–H groups in total. The van der Waals surface area contributed by atoms with Crippen molar-refractivity contribution in [1.29, 1.82) is 0 Å². The maximum Gasteiger partial charge on any atom is 0.321 e. The summed E-state index contributed by atoms with van der Waals surface area (Å²) < 4.78 is 12.2. The Morgan fingerprint density at radius 1 is 1.14 bits per heavy atom. The maximum atomic E-state index is 12.0. The highest BCUT2D eigenvalue weighted by atomic mass is 79.9. The second kappa shape index (κ2) is 11.4. The Morgan fingerprint density at radius 2 is 1.89 bits per heavy atom. The number of aromatic nitrogens is 1. The van der Waals surface area contributed by atoms with Crippen LogP contribution in [0, 0.1) is 0 Å². The highest BCUT2D eigenvalue weighted by molar-refractivity contribution is 9.10. The highest BCUT2D eigenvalue weighted by Gasteiger charge is 2.20. The van der Waals surface area contributed by atoms with Crippen LogP contribution in [0.5, 0.6) is 11.5 Å². The molecule has 0 saturated heterocycles. The molecule has 9 heteroatoms. The molecule has 35 heavy (non-hydrogen) atoms. The summed E-state index contributed by atoms with van der Waals surface area (Å²) in [5.74, 6) is 0.0848. The number of rotatable bonds is 10. The maximum absolute atomic E-state index is 12.0. The van der Waals surface area contributed by atoms with E-state index >= 15 is 0 Å². The first-order chi connectivity index (χ1) is 16.9. The van der Waals surface area contributed by atoms with Gasteiger partial charge in [-0.05, 0) is 57.4 Å². The first-order valence-corrected chi connectivity index (χ1v) is 12.4. The minimum Gasteiger partial charge on any atom is -0.493 e. The van der Waals surface area contributed by atoms with E-state index in [0.717, 1.165) is 22.0 Å². The van der Waals surface area contributed by atoms with Crippen molar-refractivity contribution in [3.63, 3.8) is 0 Å². The highest BCUT2D eigenvalue weighted by Crippen LogP contribution is 2.38. The van der Waals surface area contributed by atoms with Crippen LogP contribution >= 0.6 is 39.1 Å². The van der Waals surface area contributed by atoms with Gasteiger partial charge in [0.1, 0.15) is 12.6 Å². The van der Waals surface area contributed by atoms with Crippen molar-refractivity contribution in [2.75, 3.05) is 7.11 Å². The second-order valence-electron chi connectivity index (χ2n) is 7.93. The molecule has 4 aromatic rings. The van der Waals surface area contributed by atoms with Gasteiger partial charge in [0.2, 0.25) is 0 Å². The molecular weight excluding hydrogens is 555 g/mol. The van der Waals surface area contributed by atoms with Gasteiger partial charge in [-0.1, -0.05) is 47.5 Å². The molecule has 3 aromatic carbocycles. The van der Waals surface area contributed by atoms with Crippen molar-refractivity contribution in [3.05, 3.63) is 92.0 Å². The lowest BCUT2D eigenvalue weighted by molar-refractivity contribution is -0.139. The molecule has 0 amide bonds. The quantitative estimate of drug-likeness (QED) is 0.197. The molecule has 4 rings (SSSR count). The van der Waals surface area contributed by atoms with Gasteiger partial charge < -0.3 is 24.9 Å². The Bertz CT molecular complexity index is 1340. The number of para-hydroxylation sites is 1. The lowest BCUT2D eigenvalue weighted by Gasteiger charge is -2.17. The molecule has 0 bridgehead atoms. The standard InChI is InChI=1S/C26H23BrCl2N2O4/c1-34-24-10-15(9-19(27)25(24)35-14-18-20(28)6-4-7-21(18)29)12-30-23(26(32)33)11-16-13-31-22-8-3-2-5-17(16)22/h2-10,13,23,30-31H,11-12,14H2,1H3,(H,32,33)/t23-/m0/s1. The van der Waals surface area contributed by atoms with E-state index in [4.69, 9.17) is 32.7 Å². The molecule has 1 aromatic heterocycles. The third-order valence-corrected chi connectivity index (χ3v) is 6.96. The zero-order chi connectivity index (χ0) is 24.9. The fourth-order valence-electron chi connectivity index (χ4n) is 3.84. The van der Waals surface area contributed by atoms with Crippen LogP contribution in [0.3, 0.4) is 0 Å². The van der Waals surface area contributed by atoms with Crippen LogP contribution in [0.1, 0.15) is 16.7 Å². The van der Waals surface area contributed by atoms with Crippen molar-refractivity contribution in [3.8, 4) is 11.5 Å². The molecule has 0 aliphatic heterocycles. The van der Waals surface area contributed by atoms with Gasteiger partial charge in [0.25, 0.3) is 0 Å². The van der Waals surface area contributed by atoms with Crippen LogP contribution in [0.2, 0.25) is 10.0 Å². The topological polar surface area (TPSA) is 83.6 Å². The summed E-state index contributed by atoms with van der Waals surface area (Å²) in [6, 6.07) is 16.0. The van der Waals surface area contributed by atoms with Crippen LogP contribution in [-0.4, -0.2) is 29.2 Å². The largest absolute Gasteiger partial charge is 0.493 e. The van der Waals surface area contributed by atoms with Crippen LogP contribution in [0.15, 0.2) is 65.3 Å². The van der Waals surface area contributed by atoms with Gasteiger partial charge in [0, 0.05) is 45.7 Å². The van der Waals surface area contributed by atoms with Crippen molar-refractivity contribution in [1.82, 2.24) is 10.3 Å². The summed E-state index contributed by atoms with van der Waals surface area (Å²) >= 11 is 16.0. The number of hydrogen-bond acceptors (Lipinski definition) is 4. The predicted molar refractivity (Wildman–Crippen MR) is 142 cm³/mol. The normalized spacial score (nSPS) is 12.0. The number of H-pyrrole nitrogens is 1. The Kier molecular flexibility index (Phi) is 8.23. The average molecular weight is 578 g/mol. The van der Waals surface area contributed by atoms with Crippen molar-refractivity contribution < 1.29 is 19.4 Å². The fourth-order valence-corrected chi connectivity index (χ4v) is 4.95. The monoisotopic (exact) mass is 576 g/mol. The van der Waals surface area contributed by atoms with Crippen LogP contribution in [0.25, 0.3) is 10.9 Å². The Morgan fingerprint density at radius 3 is 2.60 bits per heavy atom. The summed E-state index contributed by atoms with van der Waals surface area (Å²) in [7, 11) is 1.55. The number of carboxylic acid groups (broad SMARTS) is 1. The van der Waals surface area contributed by atoms with Gasteiger partial charge >= 0.3 is 5.97 Å². The lowest BCUT2D eigenvalue weighted by atomic mass is 10.0. The fraction of sp³-hybridized carbons (Fsp3) is 0.192. The van der Waals surface area contributed by atoms with Crippen LogP contribution in [0.4, 0.5) is 0 Å². The summed E-state index contributed by atoms with van der Waals surface area (Å²) in [5.41, 5.74) is 3.44. The smallest absolute Gasteiger partial charge is 0.321 e. The first-order valence-electron chi connectivity index (χ1n) is 10.8. The molecule has 0 spiro atoms. The number of halogens is 3. The molecule has 0 aliphatic carbocycles. The summed E-state index contributed by atoms with van der Waals surface area (Å²) in [4.78, 5) is 15.1. The number of aliphatic carboxylic acids is 1. The SMILES string of the molecule is COc1cc(CN[C@@H](Cc2c[nH]c3ccccc23)C(=O)O)cc(Br)c1OCc1c(Cl)cccc1Cl. The summed E-state index contributed by atoms with van der Waals surface area (Å²) in [6.45, 7) is 0.488. The number of methoxy groups -OCH3 is 1. The first kappa shape index (κ1) is 25.4. The van der Waals surface area contributed by atoms with E-state index in [9.17, 15) is 9.90 Å². The molecule has 1 heterocycles. The van der Waals surface area contributed by atoms with Crippen molar-refractivity contribution in [2.45, 2.75) is 25.6 Å². The van der Waals surface area contributed by atoms with Crippen molar-refractivity contribution in [2.24, 2.45) is 0 Å². The van der Waals surface area contributed by atoms with E-state index in [-0.39, 0.29) is 6.61 Å². The van der Waals surface area contributed by atoms with Gasteiger partial charge in [-0.3, -0.25) is 4.79 Å². The van der Waals surface area contributed by atoms with Crippen molar-refractivity contribution >= 4 is 56.0 Å². The third-order valence-electron chi connectivity index (χ3n) is 5.66. The van der Waals surface area contributed by atoms with Gasteiger partial charge in [-0.2, -0.15) is 0 Å². The number of carbonyl (C=O) groups is 1. The van der Waals surface area contributed by atoms with Gasteiger partial charge in [-0.15, -0.1) is 0 Å².